The Kier molecular flexibility index (Phi) is 3.39. The second-order valence-electron chi connectivity index (χ2n) is 4.96. The molecule has 1 aromatic heterocycles. The molecular weight excluding hydrogens is 186 g/mol. The van der Waals surface area contributed by atoms with Crippen LogP contribution in [0.4, 0.5) is 0 Å². The highest BCUT2D eigenvalue weighted by atomic mass is 15.3. The van der Waals surface area contributed by atoms with E-state index in [0.717, 1.165) is 12.3 Å². The van der Waals surface area contributed by atoms with Crippen LogP contribution in [-0.4, -0.2) is 14.8 Å². The maximum absolute atomic E-state index is 4.24. The fourth-order valence-corrected chi connectivity index (χ4v) is 2.49. The molecule has 1 aliphatic rings. The Bertz CT molecular complexity index is 298. The van der Waals surface area contributed by atoms with Gasteiger partial charge in [0, 0.05) is 12.5 Å². The lowest BCUT2D eigenvalue weighted by molar-refractivity contribution is 0.345. The first-order valence-electron chi connectivity index (χ1n) is 6.15. The van der Waals surface area contributed by atoms with Gasteiger partial charge in [0.25, 0.3) is 0 Å². The summed E-state index contributed by atoms with van der Waals surface area (Å²) in [6.07, 6.45) is 9.98. The predicted octanol–water partition coefficient (Wildman–Crippen LogP) is 2.98. The van der Waals surface area contributed by atoms with E-state index in [1.807, 2.05) is 6.33 Å². The average molecular weight is 207 g/mol. The predicted molar refractivity (Wildman–Crippen MR) is 60.7 cm³/mol. The zero-order chi connectivity index (χ0) is 10.7. The van der Waals surface area contributed by atoms with Crippen molar-refractivity contribution in [3.8, 4) is 0 Å². The molecule has 84 valence electrons. The lowest BCUT2D eigenvalue weighted by Gasteiger charge is -2.21. The molecule has 1 fully saturated rings. The Balaban J connectivity index is 1.99. The number of aromatic nitrogens is 3. The topological polar surface area (TPSA) is 30.7 Å². The Morgan fingerprint density at radius 2 is 2.07 bits per heavy atom. The molecule has 0 aromatic carbocycles. The molecule has 3 heteroatoms. The number of nitrogens with zero attached hydrogens (tertiary/aromatic N) is 3. The van der Waals surface area contributed by atoms with Crippen molar-refractivity contribution in [3.63, 3.8) is 0 Å². The summed E-state index contributed by atoms with van der Waals surface area (Å²) in [7, 11) is 0. The van der Waals surface area contributed by atoms with Crippen LogP contribution in [0.15, 0.2) is 6.33 Å². The molecule has 0 spiro atoms. The monoisotopic (exact) mass is 207 g/mol. The van der Waals surface area contributed by atoms with Gasteiger partial charge in [-0.25, -0.2) is 0 Å². The molecule has 1 heterocycles. The highest BCUT2D eigenvalue weighted by Gasteiger charge is 2.17. The van der Waals surface area contributed by atoms with Crippen molar-refractivity contribution in [3.05, 3.63) is 12.2 Å². The minimum Gasteiger partial charge on any atom is -0.315 e. The van der Waals surface area contributed by atoms with Gasteiger partial charge in [0.2, 0.25) is 0 Å². The van der Waals surface area contributed by atoms with Crippen molar-refractivity contribution in [1.82, 2.24) is 14.8 Å². The largest absolute Gasteiger partial charge is 0.315 e. The maximum atomic E-state index is 4.24. The van der Waals surface area contributed by atoms with E-state index in [2.05, 4.69) is 28.6 Å². The first-order chi connectivity index (χ1) is 7.27. The van der Waals surface area contributed by atoms with Gasteiger partial charge in [-0.15, -0.1) is 10.2 Å². The summed E-state index contributed by atoms with van der Waals surface area (Å²) < 4.78 is 2.20. The minimum absolute atomic E-state index is 0.485. The van der Waals surface area contributed by atoms with E-state index in [1.165, 1.54) is 37.9 Å². The summed E-state index contributed by atoms with van der Waals surface area (Å²) in [5, 5.41) is 8.27. The fourth-order valence-electron chi connectivity index (χ4n) is 2.49. The van der Waals surface area contributed by atoms with Gasteiger partial charge < -0.3 is 4.57 Å². The van der Waals surface area contributed by atoms with Gasteiger partial charge in [-0.1, -0.05) is 32.1 Å². The lowest BCUT2D eigenvalue weighted by atomic mass is 9.87. The van der Waals surface area contributed by atoms with Crippen LogP contribution in [0.25, 0.3) is 0 Å². The third kappa shape index (κ3) is 2.58. The highest BCUT2D eigenvalue weighted by molar-refractivity contribution is 4.90. The molecule has 0 unspecified atom stereocenters. The number of hydrogen-bond acceptors (Lipinski definition) is 2. The molecule has 1 saturated carbocycles. The van der Waals surface area contributed by atoms with E-state index in [9.17, 15) is 0 Å². The number of hydrogen-bond donors (Lipinski definition) is 0. The average Bonchev–Trinajstić information content (AvgIpc) is 2.67. The zero-order valence-electron chi connectivity index (χ0n) is 9.82. The van der Waals surface area contributed by atoms with E-state index in [-0.39, 0.29) is 0 Å². The van der Waals surface area contributed by atoms with Gasteiger partial charge in [0.05, 0.1) is 0 Å². The van der Waals surface area contributed by atoms with Gasteiger partial charge >= 0.3 is 0 Å². The summed E-state index contributed by atoms with van der Waals surface area (Å²) in [5.41, 5.74) is 0. The normalized spacial score (nSPS) is 18.6. The van der Waals surface area contributed by atoms with E-state index in [4.69, 9.17) is 0 Å². The standard InChI is InChI=1S/C12H21N3/c1-10(2)15-9-13-14-12(15)8-11-6-4-3-5-7-11/h9-11H,3-8H2,1-2H3. The van der Waals surface area contributed by atoms with Gasteiger partial charge in [-0.3, -0.25) is 0 Å². The van der Waals surface area contributed by atoms with Crippen LogP contribution < -0.4 is 0 Å². The van der Waals surface area contributed by atoms with Crippen LogP contribution in [-0.2, 0) is 6.42 Å². The van der Waals surface area contributed by atoms with Gasteiger partial charge in [0.15, 0.2) is 0 Å². The molecular formula is C12H21N3. The molecule has 0 amide bonds. The third-order valence-electron chi connectivity index (χ3n) is 3.40. The Labute approximate surface area is 91.9 Å². The Morgan fingerprint density at radius 3 is 2.73 bits per heavy atom. The Hall–Kier alpha value is -0.860. The minimum atomic E-state index is 0.485. The fraction of sp³-hybridized carbons (Fsp3) is 0.833. The highest BCUT2D eigenvalue weighted by Crippen LogP contribution is 2.26. The molecule has 1 aromatic rings. The van der Waals surface area contributed by atoms with Crippen molar-refractivity contribution < 1.29 is 0 Å². The SMILES string of the molecule is CC(C)n1cnnc1CC1CCCCC1. The van der Waals surface area contributed by atoms with E-state index < -0.39 is 0 Å². The second kappa shape index (κ2) is 4.77. The molecule has 2 rings (SSSR count). The molecule has 0 aliphatic heterocycles. The molecule has 0 saturated heterocycles. The second-order valence-corrected chi connectivity index (χ2v) is 4.96. The van der Waals surface area contributed by atoms with Crippen molar-refractivity contribution in [2.75, 3.05) is 0 Å². The first-order valence-corrected chi connectivity index (χ1v) is 6.15. The molecule has 3 nitrogen and oxygen atoms in total. The van der Waals surface area contributed by atoms with Crippen LogP contribution in [0.5, 0.6) is 0 Å². The number of rotatable bonds is 3. The van der Waals surface area contributed by atoms with E-state index in [1.54, 1.807) is 0 Å². The quantitative estimate of drug-likeness (QED) is 0.763. The third-order valence-corrected chi connectivity index (χ3v) is 3.40. The van der Waals surface area contributed by atoms with Crippen LogP contribution in [0, 0.1) is 5.92 Å². The molecule has 0 atom stereocenters. The van der Waals surface area contributed by atoms with Crippen molar-refractivity contribution in [1.29, 1.82) is 0 Å². The van der Waals surface area contributed by atoms with Crippen LogP contribution in [0.1, 0.15) is 57.8 Å². The van der Waals surface area contributed by atoms with Crippen molar-refractivity contribution >= 4 is 0 Å². The molecule has 0 radical (unpaired) electrons. The summed E-state index contributed by atoms with van der Waals surface area (Å²) >= 11 is 0. The summed E-state index contributed by atoms with van der Waals surface area (Å²) in [6, 6.07) is 0.485. The van der Waals surface area contributed by atoms with Gasteiger partial charge in [-0.05, 0) is 19.8 Å². The smallest absolute Gasteiger partial charge is 0.133 e. The Morgan fingerprint density at radius 1 is 1.33 bits per heavy atom. The molecule has 0 bridgehead atoms. The van der Waals surface area contributed by atoms with Crippen molar-refractivity contribution in [2.45, 2.75) is 58.4 Å². The molecule has 1 aliphatic carbocycles. The maximum Gasteiger partial charge on any atom is 0.133 e. The van der Waals surface area contributed by atoms with Crippen LogP contribution in [0.2, 0.25) is 0 Å². The lowest BCUT2D eigenvalue weighted by Crippen LogP contribution is -2.14. The van der Waals surface area contributed by atoms with Gasteiger partial charge in [0.1, 0.15) is 12.2 Å². The van der Waals surface area contributed by atoms with Crippen LogP contribution in [0.3, 0.4) is 0 Å². The summed E-state index contributed by atoms with van der Waals surface area (Å²) in [6.45, 7) is 4.38. The van der Waals surface area contributed by atoms with Crippen LogP contribution >= 0.6 is 0 Å². The summed E-state index contributed by atoms with van der Waals surface area (Å²) in [5.74, 6) is 2.03. The summed E-state index contributed by atoms with van der Waals surface area (Å²) in [4.78, 5) is 0. The van der Waals surface area contributed by atoms with E-state index in [0.29, 0.717) is 6.04 Å². The molecule has 0 N–H and O–H groups in total. The van der Waals surface area contributed by atoms with Crippen molar-refractivity contribution in [2.24, 2.45) is 5.92 Å². The zero-order valence-corrected chi connectivity index (χ0v) is 9.82. The first kappa shape index (κ1) is 10.7. The van der Waals surface area contributed by atoms with Gasteiger partial charge in [-0.2, -0.15) is 0 Å². The molecule has 15 heavy (non-hydrogen) atoms. The van der Waals surface area contributed by atoms with E-state index >= 15 is 0 Å².